The minimum atomic E-state index is 0.232. The molecule has 0 aliphatic heterocycles. The molecule has 1 fully saturated rings. The number of rotatable bonds is 8. The van der Waals surface area contributed by atoms with Gasteiger partial charge in [0.05, 0.1) is 22.5 Å². The monoisotopic (exact) mass is 314 g/mol. The zero-order valence-electron chi connectivity index (χ0n) is 13.2. The van der Waals surface area contributed by atoms with E-state index in [-0.39, 0.29) is 6.04 Å². The van der Waals surface area contributed by atoms with Crippen LogP contribution in [0.5, 0.6) is 0 Å². The van der Waals surface area contributed by atoms with Crippen molar-refractivity contribution in [1.29, 1.82) is 0 Å². The van der Waals surface area contributed by atoms with Gasteiger partial charge < -0.3 is 4.74 Å². The molecule has 0 radical (unpaired) electrons. The van der Waals surface area contributed by atoms with Crippen LogP contribution in [0.3, 0.4) is 0 Å². The molecule has 3 N–H and O–H groups in total. The van der Waals surface area contributed by atoms with Crippen LogP contribution in [0.15, 0.2) is 0 Å². The molecule has 0 amide bonds. The average molecular weight is 315 g/mol. The first-order valence-electron chi connectivity index (χ1n) is 7.86. The Morgan fingerprint density at radius 3 is 2.71 bits per heavy atom. The summed E-state index contributed by atoms with van der Waals surface area (Å²) in [5.74, 6) is 6.42. The molecule has 1 aliphatic rings. The Bertz CT molecular complexity index is 457. The quantitative estimate of drug-likeness (QED) is 0.570. The van der Waals surface area contributed by atoms with Gasteiger partial charge in [0.1, 0.15) is 0 Å². The number of hydrazine groups is 1. The van der Waals surface area contributed by atoms with Gasteiger partial charge in [-0.1, -0.05) is 18.5 Å². The molecule has 1 atom stereocenters. The van der Waals surface area contributed by atoms with E-state index in [4.69, 9.17) is 22.2 Å². The van der Waals surface area contributed by atoms with E-state index >= 15 is 0 Å². The zero-order chi connectivity index (χ0) is 15.4. The lowest BCUT2D eigenvalue weighted by Gasteiger charge is -2.36. The minimum absolute atomic E-state index is 0.232. The lowest BCUT2D eigenvalue weighted by atomic mass is 9.77. The van der Waals surface area contributed by atoms with Gasteiger partial charge in [-0.25, -0.2) is 0 Å². The van der Waals surface area contributed by atoms with Crippen molar-refractivity contribution >= 4 is 11.6 Å². The Morgan fingerprint density at radius 2 is 2.19 bits per heavy atom. The fourth-order valence-corrected chi connectivity index (χ4v) is 3.50. The summed E-state index contributed by atoms with van der Waals surface area (Å²) in [4.78, 5) is 0. The third kappa shape index (κ3) is 3.97. The first-order chi connectivity index (χ1) is 10.1. The Hall–Kier alpha value is -0.620. The van der Waals surface area contributed by atoms with E-state index in [1.54, 1.807) is 0 Å². The summed E-state index contributed by atoms with van der Waals surface area (Å²) in [7, 11) is 1.95. The van der Waals surface area contributed by atoms with E-state index in [9.17, 15) is 0 Å². The Morgan fingerprint density at radius 1 is 1.48 bits per heavy atom. The molecule has 5 nitrogen and oxygen atoms in total. The van der Waals surface area contributed by atoms with Crippen LogP contribution in [-0.4, -0.2) is 28.5 Å². The van der Waals surface area contributed by atoms with Crippen LogP contribution in [0.2, 0.25) is 5.02 Å². The van der Waals surface area contributed by atoms with Crippen LogP contribution in [0.4, 0.5) is 0 Å². The first-order valence-corrected chi connectivity index (χ1v) is 8.24. The number of aromatic nitrogens is 2. The molecule has 1 aromatic rings. The summed E-state index contributed by atoms with van der Waals surface area (Å²) in [6.07, 6.45) is 5.46. The molecular formula is C15H27ClN4O. The number of hydrogen-bond acceptors (Lipinski definition) is 4. The van der Waals surface area contributed by atoms with Crippen LogP contribution in [-0.2, 0) is 24.6 Å². The summed E-state index contributed by atoms with van der Waals surface area (Å²) in [6, 6.07) is 0.232. The third-order valence-corrected chi connectivity index (χ3v) is 4.83. The van der Waals surface area contributed by atoms with Crippen molar-refractivity contribution in [1.82, 2.24) is 15.2 Å². The van der Waals surface area contributed by atoms with Crippen molar-refractivity contribution in [2.24, 2.45) is 18.8 Å². The Balaban J connectivity index is 1.90. The van der Waals surface area contributed by atoms with E-state index in [2.05, 4.69) is 17.4 Å². The summed E-state index contributed by atoms with van der Waals surface area (Å²) < 4.78 is 7.49. The van der Waals surface area contributed by atoms with Crippen molar-refractivity contribution < 1.29 is 4.74 Å². The number of nitrogens with two attached hydrogens (primary N) is 1. The van der Waals surface area contributed by atoms with Crippen LogP contribution in [0.25, 0.3) is 0 Å². The topological polar surface area (TPSA) is 65.1 Å². The van der Waals surface area contributed by atoms with E-state index < -0.39 is 0 Å². The SMILES string of the molecule is CCOC1CC(CC(Cc2c(Cl)c(CC)nn2C)NN)C1. The number of nitrogens with one attached hydrogen (secondary N) is 1. The van der Waals surface area contributed by atoms with Crippen LogP contribution >= 0.6 is 11.6 Å². The van der Waals surface area contributed by atoms with Gasteiger partial charge in [0, 0.05) is 26.1 Å². The molecule has 0 aromatic carbocycles. The normalized spacial score (nSPS) is 23.1. The minimum Gasteiger partial charge on any atom is -0.378 e. The lowest BCUT2D eigenvalue weighted by Crippen LogP contribution is -2.42. The summed E-state index contributed by atoms with van der Waals surface area (Å²) in [5, 5.41) is 5.25. The number of hydrogen-bond donors (Lipinski definition) is 2. The van der Waals surface area contributed by atoms with Crippen molar-refractivity contribution in [3.63, 3.8) is 0 Å². The average Bonchev–Trinajstić information content (AvgIpc) is 2.70. The second-order valence-corrected chi connectivity index (χ2v) is 6.28. The summed E-state index contributed by atoms with van der Waals surface area (Å²) in [6.45, 7) is 4.92. The highest BCUT2D eigenvalue weighted by atomic mass is 35.5. The number of halogens is 1. The van der Waals surface area contributed by atoms with Crippen molar-refractivity contribution in [2.75, 3.05) is 6.61 Å². The molecule has 0 saturated heterocycles. The molecule has 1 saturated carbocycles. The highest BCUT2D eigenvalue weighted by Crippen LogP contribution is 2.34. The lowest BCUT2D eigenvalue weighted by molar-refractivity contribution is -0.0290. The third-order valence-electron chi connectivity index (χ3n) is 4.39. The van der Waals surface area contributed by atoms with Gasteiger partial charge in [-0.15, -0.1) is 0 Å². The maximum atomic E-state index is 6.41. The number of aryl methyl sites for hydroxylation is 2. The Kier molecular flexibility index (Phi) is 6.05. The molecule has 6 heteroatoms. The predicted octanol–water partition coefficient (Wildman–Crippen LogP) is 2.22. The van der Waals surface area contributed by atoms with Crippen LogP contribution in [0.1, 0.15) is 44.5 Å². The van der Waals surface area contributed by atoms with E-state index in [0.29, 0.717) is 12.0 Å². The second-order valence-electron chi connectivity index (χ2n) is 5.90. The molecule has 0 spiro atoms. The maximum Gasteiger partial charge on any atom is 0.0850 e. The molecule has 1 aromatic heterocycles. The van der Waals surface area contributed by atoms with E-state index in [1.165, 1.54) is 0 Å². The molecule has 1 aliphatic carbocycles. The van der Waals surface area contributed by atoms with E-state index in [1.807, 2.05) is 18.7 Å². The van der Waals surface area contributed by atoms with Crippen molar-refractivity contribution in [3.05, 3.63) is 16.4 Å². The smallest absolute Gasteiger partial charge is 0.0850 e. The molecule has 120 valence electrons. The molecule has 0 bridgehead atoms. The summed E-state index contributed by atoms with van der Waals surface area (Å²) >= 11 is 6.41. The predicted molar refractivity (Wildman–Crippen MR) is 85.2 cm³/mol. The van der Waals surface area contributed by atoms with Gasteiger partial charge >= 0.3 is 0 Å². The largest absolute Gasteiger partial charge is 0.378 e. The van der Waals surface area contributed by atoms with Crippen molar-refractivity contribution in [2.45, 2.75) is 58.1 Å². The zero-order valence-corrected chi connectivity index (χ0v) is 14.0. The summed E-state index contributed by atoms with van der Waals surface area (Å²) in [5.41, 5.74) is 4.97. The van der Waals surface area contributed by atoms with Gasteiger partial charge in [-0.3, -0.25) is 16.0 Å². The maximum absolute atomic E-state index is 6.41. The highest BCUT2D eigenvalue weighted by Gasteiger charge is 2.31. The van der Waals surface area contributed by atoms with Gasteiger partial charge in [0.15, 0.2) is 0 Å². The van der Waals surface area contributed by atoms with Crippen LogP contribution in [0, 0.1) is 5.92 Å². The van der Waals surface area contributed by atoms with Gasteiger partial charge in [-0.2, -0.15) is 5.10 Å². The fraction of sp³-hybridized carbons (Fsp3) is 0.800. The molecule has 1 heterocycles. The molecule has 2 rings (SSSR count). The number of ether oxygens (including phenoxy) is 1. The number of nitrogens with zero attached hydrogens (tertiary/aromatic N) is 2. The van der Waals surface area contributed by atoms with Gasteiger partial charge in [0.25, 0.3) is 0 Å². The molecular weight excluding hydrogens is 288 g/mol. The highest BCUT2D eigenvalue weighted by molar-refractivity contribution is 6.31. The fourth-order valence-electron chi connectivity index (χ4n) is 3.13. The Labute approximate surface area is 132 Å². The molecule has 1 unspecified atom stereocenters. The van der Waals surface area contributed by atoms with Gasteiger partial charge in [-0.05, 0) is 38.5 Å². The first kappa shape index (κ1) is 16.7. The standard InChI is InChI=1S/C15H27ClN4O/c1-4-13-15(16)14(20(3)19-13)9-11(18-17)6-10-7-12(8-10)21-5-2/h10-12,18H,4-9,17H2,1-3H3. The van der Waals surface area contributed by atoms with E-state index in [0.717, 1.165) is 55.1 Å². The van der Waals surface area contributed by atoms with Gasteiger partial charge in [0.2, 0.25) is 0 Å². The molecule has 21 heavy (non-hydrogen) atoms. The van der Waals surface area contributed by atoms with Crippen molar-refractivity contribution in [3.8, 4) is 0 Å². The second kappa shape index (κ2) is 7.58. The van der Waals surface area contributed by atoms with Crippen LogP contribution < -0.4 is 11.3 Å².